The quantitative estimate of drug-likeness (QED) is 0.424. The Kier molecular flexibility index (Phi) is 6.69. The minimum Gasteiger partial charge on any atom is -0.441 e. The summed E-state index contributed by atoms with van der Waals surface area (Å²) in [6.07, 6.45) is -7.07. The molecule has 3 N–H and O–H groups in total. The molecule has 188 valence electrons. The summed E-state index contributed by atoms with van der Waals surface area (Å²) in [6.45, 7) is 0.370. The van der Waals surface area contributed by atoms with E-state index in [-0.39, 0.29) is 24.9 Å². The number of halogens is 3. The van der Waals surface area contributed by atoms with Gasteiger partial charge in [-0.2, -0.15) is 13.2 Å². The predicted molar refractivity (Wildman–Crippen MR) is 132 cm³/mol. The number of amides is 1. The Morgan fingerprint density at radius 2 is 1.69 bits per heavy atom. The van der Waals surface area contributed by atoms with E-state index in [4.69, 9.17) is 26.4 Å². The van der Waals surface area contributed by atoms with E-state index in [1.807, 2.05) is 42.5 Å². The maximum Gasteiger partial charge on any atom is 0.416 e. The van der Waals surface area contributed by atoms with Crippen molar-refractivity contribution in [2.45, 2.75) is 30.5 Å². The first-order valence-electron chi connectivity index (χ1n) is 11.2. The van der Waals surface area contributed by atoms with Crippen molar-refractivity contribution < 1.29 is 32.2 Å². The average molecular weight is 518 g/mol. The average Bonchev–Trinajstić information content (AvgIpc) is 3.42. The lowest BCUT2D eigenvalue weighted by atomic mass is 10.1. The molecule has 4 atom stereocenters. The topological polar surface area (TPSA) is 80.9 Å². The Morgan fingerprint density at radius 1 is 0.944 bits per heavy atom. The molecule has 3 aromatic rings. The van der Waals surface area contributed by atoms with Gasteiger partial charge in [0.15, 0.2) is 11.2 Å². The molecule has 7 nitrogen and oxygen atoms in total. The number of benzene rings is 3. The molecule has 2 saturated heterocycles. The van der Waals surface area contributed by atoms with Crippen LogP contribution < -0.4 is 16.0 Å². The van der Waals surface area contributed by atoms with Gasteiger partial charge in [0.1, 0.15) is 12.2 Å². The van der Waals surface area contributed by atoms with Gasteiger partial charge in [-0.15, -0.1) is 0 Å². The van der Waals surface area contributed by atoms with Crippen molar-refractivity contribution in [1.29, 1.82) is 0 Å². The van der Waals surface area contributed by atoms with Gasteiger partial charge in [0.2, 0.25) is 0 Å². The standard InChI is InChI=1S/C25H22F3N3O4S/c26-25(27,28)15-7-4-8-16(11-15)29-24(32)35-20-13-34-21-19(12-33-22(20)21)31-23(36)30-18-10-3-6-14-5-1-2-9-17(14)18/h1-11,19-22H,12-13H2,(H,29,32)(H2,30,31,36). The molecule has 2 aliphatic rings. The normalized spacial score (nSPS) is 23.2. The first-order valence-corrected chi connectivity index (χ1v) is 11.6. The van der Waals surface area contributed by atoms with E-state index >= 15 is 0 Å². The van der Waals surface area contributed by atoms with Crippen LogP contribution in [0.1, 0.15) is 5.56 Å². The second-order valence-corrected chi connectivity index (χ2v) is 8.88. The molecule has 0 aromatic heterocycles. The molecule has 36 heavy (non-hydrogen) atoms. The van der Waals surface area contributed by atoms with E-state index in [1.54, 1.807) is 0 Å². The van der Waals surface area contributed by atoms with E-state index in [1.165, 1.54) is 12.1 Å². The highest BCUT2D eigenvalue weighted by atomic mass is 32.1. The van der Waals surface area contributed by atoms with Crippen molar-refractivity contribution in [3.05, 3.63) is 72.3 Å². The number of hydrogen-bond donors (Lipinski definition) is 3. The van der Waals surface area contributed by atoms with Gasteiger partial charge in [-0.25, -0.2) is 4.79 Å². The van der Waals surface area contributed by atoms with Crippen molar-refractivity contribution in [2.75, 3.05) is 23.8 Å². The van der Waals surface area contributed by atoms with Crippen LogP contribution in [0, 0.1) is 0 Å². The fraction of sp³-hybridized carbons (Fsp3) is 0.280. The van der Waals surface area contributed by atoms with Crippen LogP contribution >= 0.6 is 12.2 Å². The number of fused-ring (bicyclic) bond motifs is 2. The SMILES string of the molecule is O=C(Nc1cccc(C(F)(F)F)c1)OC1COC2C(NC(=S)Nc3cccc4ccccc34)COC12. The molecule has 0 saturated carbocycles. The van der Waals surface area contributed by atoms with Gasteiger partial charge in [-0.1, -0.05) is 42.5 Å². The molecular weight excluding hydrogens is 495 g/mol. The summed E-state index contributed by atoms with van der Waals surface area (Å²) in [6, 6.07) is 17.9. The van der Waals surface area contributed by atoms with Gasteiger partial charge in [-0.3, -0.25) is 5.32 Å². The lowest BCUT2D eigenvalue weighted by molar-refractivity contribution is -0.137. The van der Waals surface area contributed by atoms with Crippen LogP contribution in [-0.2, 0) is 20.4 Å². The molecule has 3 aromatic carbocycles. The van der Waals surface area contributed by atoms with Crippen molar-refractivity contribution >= 4 is 45.6 Å². The van der Waals surface area contributed by atoms with Crippen molar-refractivity contribution in [1.82, 2.24) is 5.32 Å². The van der Waals surface area contributed by atoms with E-state index in [9.17, 15) is 18.0 Å². The molecule has 4 unspecified atom stereocenters. The first kappa shape index (κ1) is 24.3. The number of carbonyl (C=O) groups excluding carboxylic acids is 1. The summed E-state index contributed by atoms with van der Waals surface area (Å²) in [4.78, 5) is 12.3. The largest absolute Gasteiger partial charge is 0.441 e. The van der Waals surface area contributed by atoms with Crippen LogP contribution in [0.2, 0.25) is 0 Å². The Hall–Kier alpha value is -3.41. The Labute approximate surface area is 209 Å². The highest BCUT2D eigenvalue weighted by Gasteiger charge is 2.49. The monoisotopic (exact) mass is 517 g/mol. The number of rotatable bonds is 4. The highest BCUT2D eigenvalue weighted by molar-refractivity contribution is 7.80. The molecule has 1 amide bonds. The molecule has 2 fully saturated rings. The fourth-order valence-electron chi connectivity index (χ4n) is 4.41. The molecule has 2 heterocycles. The number of nitrogens with one attached hydrogen (secondary N) is 3. The minimum atomic E-state index is -4.52. The second-order valence-electron chi connectivity index (χ2n) is 8.47. The van der Waals surface area contributed by atoms with Crippen LogP contribution in [0.4, 0.5) is 29.3 Å². The third-order valence-corrected chi connectivity index (χ3v) is 6.28. The van der Waals surface area contributed by atoms with Gasteiger partial charge in [0, 0.05) is 16.8 Å². The molecule has 0 bridgehead atoms. The Bertz CT molecular complexity index is 1280. The number of thiocarbonyl (C=S) groups is 1. The first-order chi connectivity index (χ1) is 17.3. The molecule has 0 spiro atoms. The number of anilines is 2. The fourth-order valence-corrected chi connectivity index (χ4v) is 4.67. The van der Waals surface area contributed by atoms with Crippen LogP contribution in [0.5, 0.6) is 0 Å². The molecule has 0 aliphatic carbocycles. The molecule has 11 heteroatoms. The summed E-state index contributed by atoms with van der Waals surface area (Å²) >= 11 is 5.50. The zero-order valence-corrected chi connectivity index (χ0v) is 19.6. The van der Waals surface area contributed by atoms with Gasteiger partial charge in [0.05, 0.1) is 24.8 Å². The maximum absolute atomic E-state index is 12.9. The summed E-state index contributed by atoms with van der Waals surface area (Å²) < 4.78 is 55.7. The zero-order valence-electron chi connectivity index (χ0n) is 18.7. The van der Waals surface area contributed by atoms with E-state index in [0.717, 1.165) is 28.6 Å². The molecule has 2 aliphatic heterocycles. The van der Waals surface area contributed by atoms with Gasteiger partial charge in [0.25, 0.3) is 0 Å². The van der Waals surface area contributed by atoms with Crippen LogP contribution in [0.15, 0.2) is 66.7 Å². The smallest absolute Gasteiger partial charge is 0.416 e. The summed E-state index contributed by atoms with van der Waals surface area (Å²) in [5.41, 5.74) is -0.0337. The van der Waals surface area contributed by atoms with Gasteiger partial charge in [-0.05, 0) is 41.9 Å². The lowest BCUT2D eigenvalue weighted by Gasteiger charge is -2.20. The van der Waals surface area contributed by atoms with Crippen molar-refractivity contribution in [3.63, 3.8) is 0 Å². The minimum absolute atomic E-state index is 0.0259. The Morgan fingerprint density at radius 3 is 2.53 bits per heavy atom. The summed E-state index contributed by atoms with van der Waals surface area (Å²) in [5.74, 6) is 0. The Balaban J connectivity index is 1.16. The van der Waals surface area contributed by atoms with Crippen LogP contribution in [-0.4, -0.2) is 48.8 Å². The lowest BCUT2D eigenvalue weighted by Crippen LogP contribution is -2.46. The highest BCUT2D eigenvalue weighted by Crippen LogP contribution is 2.32. The number of ether oxygens (including phenoxy) is 3. The molecule has 5 rings (SSSR count). The van der Waals surface area contributed by atoms with Crippen LogP contribution in [0.25, 0.3) is 10.8 Å². The van der Waals surface area contributed by atoms with Crippen LogP contribution in [0.3, 0.4) is 0 Å². The summed E-state index contributed by atoms with van der Waals surface area (Å²) in [5, 5.41) is 11.3. The zero-order chi connectivity index (χ0) is 25.3. The second kappa shape index (κ2) is 9.92. The van der Waals surface area contributed by atoms with Crippen molar-refractivity contribution in [3.8, 4) is 0 Å². The predicted octanol–water partition coefficient (Wildman–Crippen LogP) is 4.93. The van der Waals surface area contributed by atoms with Gasteiger partial charge < -0.3 is 24.8 Å². The van der Waals surface area contributed by atoms with Crippen molar-refractivity contribution in [2.24, 2.45) is 0 Å². The number of hydrogen-bond acceptors (Lipinski definition) is 5. The third-order valence-electron chi connectivity index (χ3n) is 6.06. The van der Waals surface area contributed by atoms with E-state index in [2.05, 4.69) is 16.0 Å². The number of carbonyl (C=O) groups is 1. The third kappa shape index (κ3) is 5.23. The van der Waals surface area contributed by atoms with Gasteiger partial charge >= 0.3 is 12.3 Å². The number of alkyl halides is 3. The molecule has 0 radical (unpaired) electrons. The van der Waals surface area contributed by atoms with E-state index in [0.29, 0.717) is 5.11 Å². The maximum atomic E-state index is 12.9. The summed E-state index contributed by atoms with van der Waals surface area (Å²) in [7, 11) is 0. The van der Waals surface area contributed by atoms with E-state index < -0.39 is 36.1 Å². The molecular formula is C25H22F3N3O4S.